The van der Waals surface area contributed by atoms with Gasteiger partial charge in [-0.05, 0) is 42.3 Å². The molecule has 136 valence electrons. The highest BCUT2D eigenvalue weighted by Gasteiger charge is 2.24. The Morgan fingerprint density at radius 1 is 0.889 bits per heavy atom. The fourth-order valence-electron chi connectivity index (χ4n) is 2.68. The molecule has 0 spiro atoms. The molecule has 2 N–H and O–H groups in total. The van der Waals surface area contributed by atoms with Gasteiger partial charge >= 0.3 is 0 Å². The zero-order valence-electron chi connectivity index (χ0n) is 14.8. The Bertz CT molecular complexity index is 943. The van der Waals surface area contributed by atoms with E-state index in [2.05, 4.69) is 10.6 Å². The van der Waals surface area contributed by atoms with Crippen LogP contribution < -0.4 is 10.6 Å². The monoisotopic (exact) mass is 362 g/mol. The molecule has 4 nitrogen and oxygen atoms in total. The third-order valence-corrected chi connectivity index (χ3v) is 4.16. The standard InChI is InChI=1S/C22H19FN2O2/c1-15-12-13-18(23)14-19(15)24-22(27)20(16-8-4-2-5-9-16)25-21(26)17-10-6-3-7-11-17/h2-14,20H,1H3,(H,24,27)(H,25,26). The molecular formula is C22H19FN2O2. The van der Waals surface area contributed by atoms with E-state index >= 15 is 0 Å². The topological polar surface area (TPSA) is 58.2 Å². The number of halogens is 1. The molecule has 0 aliphatic carbocycles. The van der Waals surface area contributed by atoms with Crippen LogP contribution in [-0.4, -0.2) is 11.8 Å². The minimum absolute atomic E-state index is 0.365. The number of nitrogens with one attached hydrogen (secondary N) is 2. The molecule has 0 saturated heterocycles. The zero-order chi connectivity index (χ0) is 19.2. The molecule has 0 heterocycles. The van der Waals surface area contributed by atoms with E-state index in [0.717, 1.165) is 5.56 Å². The molecule has 0 aliphatic rings. The van der Waals surface area contributed by atoms with Crippen molar-refractivity contribution in [2.45, 2.75) is 13.0 Å². The Hall–Kier alpha value is -3.47. The van der Waals surface area contributed by atoms with Crippen LogP contribution in [0.5, 0.6) is 0 Å². The van der Waals surface area contributed by atoms with E-state index in [1.807, 2.05) is 12.1 Å². The van der Waals surface area contributed by atoms with Crippen LogP contribution in [0.15, 0.2) is 78.9 Å². The van der Waals surface area contributed by atoms with E-state index in [0.29, 0.717) is 16.8 Å². The van der Waals surface area contributed by atoms with Gasteiger partial charge in [0.05, 0.1) is 0 Å². The lowest BCUT2D eigenvalue weighted by atomic mass is 10.0. The van der Waals surface area contributed by atoms with Gasteiger partial charge in [0.2, 0.25) is 0 Å². The maximum Gasteiger partial charge on any atom is 0.252 e. The fraction of sp³-hybridized carbons (Fsp3) is 0.0909. The summed E-state index contributed by atoms with van der Waals surface area (Å²) in [7, 11) is 0. The summed E-state index contributed by atoms with van der Waals surface area (Å²) >= 11 is 0. The molecule has 1 atom stereocenters. The van der Waals surface area contributed by atoms with Crippen molar-refractivity contribution in [3.05, 3.63) is 101 Å². The summed E-state index contributed by atoms with van der Waals surface area (Å²) in [4.78, 5) is 25.5. The second-order valence-electron chi connectivity index (χ2n) is 6.13. The molecule has 0 aromatic heterocycles. The van der Waals surface area contributed by atoms with Crippen molar-refractivity contribution in [1.29, 1.82) is 0 Å². The average Bonchev–Trinajstić information content (AvgIpc) is 2.70. The van der Waals surface area contributed by atoms with Gasteiger partial charge in [-0.1, -0.05) is 54.6 Å². The van der Waals surface area contributed by atoms with E-state index in [1.54, 1.807) is 61.5 Å². The Labute approximate surface area is 157 Å². The van der Waals surface area contributed by atoms with E-state index in [4.69, 9.17) is 0 Å². The molecule has 0 fully saturated rings. The van der Waals surface area contributed by atoms with Gasteiger partial charge in [-0.15, -0.1) is 0 Å². The minimum Gasteiger partial charge on any atom is -0.336 e. The van der Waals surface area contributed by atoms with Crippen LogP contribution in [0.2, 0.25) is 0 Å². The summed E-state index contributed by atoms with van der Waals surface area (Å²) in [5.74, 6) is -1.25. The van der Waals surface area contributed by atoms with Crippen molar-refractivity contribution in [2.75, 3.05) is 5.32 Å². The van der Waals surface area contributed by atoms with Crippen molar-refractivity contribution in [3.8, 4) is 0 Å². The van der Waals surface area contributed by atoms with Gasteiger partial charge in [-0.25, -0.2) is 4.39 Å². The molecular weight excluding hydrogens is 343 g/mol. The van der Waals surface area contributed by atoms with E-state index in [1.165, 1.54) is 12.1 Å². The van der Waals surface area contributed by atoms with Crippen molar-refractivity contribution in [2.24, 2.45) is 0 Å². The van der Waals surface area contributed by atoms with Gasteiger partial charge in [0.15, 0.2) is 0 Å². The SMILES string of the molecule is Cc1ccc(F)cc1NC(=O)C(NC(=O)c1ccccc1)c1ccccc1. The third kappa shape index (κ3) is 4.58. The molecule has 0 aliphatic heterocycles. The number of carbonyl (C=O) groups is 2. The summed E-state index contributed by atoms with van der Waals surface area (Å²) in [5, 5.41) is 5.47. The van der Waals surface area contributed by atoms with E-state index < -0.39 is 17.8 Å². The molecule has 2 amide bonds. The second kappa shape index (κ2) is 8.27. The van der Waals surface area contributed by atoms with Crippen molar-refractivity contribution in [3.63, 3.8) is 0 Å². The summed E-state index contributed by atoms with van der Waals surface area (Å²) < 4.78 is 13.5. The molecule has 3 rings (SSSR count). The van der Waals surface area contributed by atoms with Crippen molar-refractivity contribution >= 4 is 17.5 Å². The molecule has 3 aromatic rings. The first-order valence-electron chi connectivity index (χ1n) is 8.52. The maximum absolute atomic E-state index is 13.5. The molecule has 5 heteroatoms. The number of rotatable bonds is 5. The van der Waals surface area contributed by atoms with Crippen LogP contribution in [0.4, 0.5) is 10.1 Å². The number of aryl methyl sites for hydroxylation is 1. The fourth-order valence-corrected chi connectivity index (χ4v) is 2.68. The highest BCUT2D eigenvalue weighted by Crippen LogP contribution is 2.20. The highest BCUT2D eigenvalue weighted by molar-refractivity contribution is 6.01. The Balaban J connectivity index is 1.87. The number of carbonyl (C=O) groups excluding carboxylic acids is 2. The Kier molecular flexibility index (Phi) is 5.61. The predicted octanol–water partition coefficient (Wildman–Crippen LogP) is 4.24. The lowest BCUT2D eigenvalue weighted by Crippen LogP contribution is -2.37. The van der Waals surface area contributed by atoms with Crippen LogP contribution >= 0.6 is 0 Å². The third-order valence-electron chi connectivity index (χ3n) is 4.16. The first-order valence-corrected chi connectivity index (χ1v) is 8.52. The van der Waals surface area contributed by atoms with Crippen LogP contribution in [0.1, 0.15) is 27.5 Å². The zero-order valence-corrected chi connectivity index (χ0v) is 14.8. The summed E-state index contributed by atoms with van der Waals surface area (Å²) in [6.45, 7) is 1.77. The molecule has 27 heavy (non-hydrogen) atoms. The van der Waals surface area contributed by atoms with Gasteiger partial charge in [-0.2, -0.15) is 0 Å². The highest BCUT2D eigenvalue weighted by atomic mass is 19.1. The van der Waals surface area contributed by atoms with Crippen molar-refractivity contribution in [1.82, 2.24) is 5.32 Å². The molecule has 0 saturated carbocycles. The maximum atomic E-state index is 13.5. The number of amides is 2. The summed E-state index contributed by atoms with van der Waals surface area (Å²) in [6, 6.07) is 20.8. The molecule has 1 unspecified atom stereocenters. The average molecular weight is 362 g/mol. The summed E-state index contributed by atoms with van der Waals surface area (Å²) in [6.07, 6.45) is 0. The van der Waals surface area contributed by atoms with Crippen LogP contribution in [0, 0.1) is 12.7 Å². The summed E-state index contributed by atoms with van der Waals surface area (Å²) in [5.41, 5.74) is 2.18. The van der Waals surface area contributed by atoms with E-state index in [-0.39, 0.29) is 5.91 Å². The van der Waals surface area contributed by atoms with Crippen LogP contribution in [-0.2, 0) is 4.79 Å². The molecule has 3 aromatic carbocycles. The molecule has 0 bridgehead atoms. The number of hydrogen-bond acceptors (Lipinski definition) is 2. The quantitative estimate of drug-likeness (QED) is 0.713. The van der Waals surface area contributed by atoms with Crippen LogP contribution in [0.25, 0.3) is 0 Å². The number of benzene rings is 3. The van der Waals surface area contributed by atoms with Gasteiger partial charge < -0.3 is 10.6 Å². The molecule has 0 radical (unpaired) electrons. The number of hydrogen-bond donors (Lipinski definition) is 2. The Morgan fingerprint density at radius 2 is 1.52 bits per heavy atom. The second-order valence-corrected chi connectivity index (χ2v) is 6.13. The normalized spacial score (nSPS) is 11.5. The van der Waals surface area contributed by atoms with Gasteiger partial charge in [0, 0.05) is 11.3 Å². The lowest BCUT2D eigenvalue weighted by Gasteiger charge is -2.20. The van der Waals surface area contributed by atoms with E-state index in [9.17, 15) is 14.0 Å². The first-order chi connectivity index (χ1) is 13.0. The predicted molar refractivity (Wildman–Crippen MR) is 103 cm³/mol. The number of anilines is 1. The minimum atomic E-state index is -0.915. The first kappa shape index (κ1) is 18.3. The largest absolute Gasteiger partial charge is 0.336 e. The van der Waals surface area contributed by atoms with Gasteiger partial charge in [0.25, 0.3) is 11.8 Å². The lowest BCUT2D eigenvalue weighted by molar-refractivity contribution is -0.118. The van der Waals surface area contributed by atoms with Gasteiger partial charge in [0.1, 0.15) is 11.9 Å². The van der Waals surface area contributed by atoms with Crippen molar-refractivity contribution < 1.29 is 14.0 Å². The van der Waals surface area contributed by atoms with Gasteiger partial charge in [-0.3, -0.25) is 9.59 Å². The van der Waals surface area contributed by atoms with Crippen LogP contribution in [0.3, 0.4) is 0 Å². The Morgan fingerprint density at radius 3 is 2.19 bits per heavy atom. The smallest absolute Gasteiger partial charge is 0.252 e.